The lowest BCUT2D eigenvalue weighted by Gasteiger charge is -2.14. The molecular formula is C16H15F2N3O2. The van der Waals surface area contributed by atoms with E-state index in [2.05, 4.69) is 15.3 Å². The summed E-state index contributed by atoms with van der Waals surface area (Å²) in [6.07, 6.45) is -0.0298. The number of aromatic nitrogens is 2. The normalized spacial score (nSPS) is 12.6. The molecule has 0 saturated heterocycles. The first-order valence-corrected chi connectivity index (χ1v) is 7.05. The molecular weight excluding hydrogens is 304 g/mol. The summed E-state index contributed by atoms with van der Waals surface area (Å²) in [6.45, 7) is 3.57. The average Bonchev–Trinajstić information content (AvgIpc) is 2.80. The first-order chi connectivity index (χ1) is 11.0. The number of rotatable bonds is 4. The van der Waals surface area contributed by atoms with E-state index in [-0.39, 0.29) is 12.1 Å². The molecule has 0 bridgehead atoms. The minimum Gasteiger partial charge on any atom is -0.443 e. The Labute approximate surface area is 131 Å². The van der Waals surface area contributed by atoms with Crippen LogP contribution in [0.5, 0.6) is 0 Å². The lowest BCUT2D eigenvalue weighted by atomic mass is 10.1. The molecule has 2 N–H and O–H groups in total. The van der Waals surface area contributed by atoms with Crippen molar-refractivity contribution in [1.29, 1.82) is 0 Å². The van der Waals surface area contributed by atoms with Gasteiger partial charge in [-0.3, -0.25) is 0 Å². The number of fused-ring (bicyclic) bond motifs is 1. The minimum absolute atomic E-state index is 0.104. The topological polar surface area (TPSA) is 71.2 Å². The fourth-order valence-electron chi connectivity index (χ4n) is 2.44. The van der Waals surface area contributed by atoms with Crippen molar-refractivity contribution in [2.24, 2.45) is 0 Å². The van der Waals surface area contributed by atoms with Crippen LogP contribution in [0.2, 0.25) is 0 Å². The van der Waals surface area contributed by atoms with Crippen LogP contribution >= 0.6 is 0 Å². The Kier molecular flexibility index (Phi) is 3.96. The molecule has 0 aliphatic heterocycles. The number of halogens is 2. The van der Waals surface area contributed by atoms with Crippen LogP contribution in [-0.2, 0) is 0 Å². The summed E-state index contributed by atoms with van der Waals surface area (Å²) in [4.78, 5) is 8.15. The summed E-state index contributed by atoms with van der Waals surface area (Å²) >= 11 is 0. The Morgan fingerprint density at radius 3 is 2.61 bits per heavy atom. The quantitative estimate of drug-likeness (QED) is 0.772. The number of nitrogens with zero attached hydrogens (tertiary/aromatic N) is 2. The summed E-state index contributed by atoms with van der Waals surface area (Å²) < 4.78 is 32.9. The maximum Gasteiger partial charge on any atom is 0.231 e. The van der Waals surface area contributed by atoms with Gasteiger partial charge >= 0.3 is 0 Å². The number of hydrogen-bond acceptors (Lipinski definition) is 5. The molecule has 0 radical (unpaired) electrons. The number of aryl methyl sites for hydroxylation is 2. The molecule has 1 atom stereocenters. The molecule has 0 amide bonds. The van der Waals surface area contributed by atoms with E-state index in [1.54, 1.807) is 0 Å². The van der Waals surface area contributed by atoms with Crippen LogP contribution in [0.15, 0.2) is 28.9 Å². The zero-order valence-corrected chi connectivity index (χ0v) is 12.6. The first-order valence-electron chi connectivity index (χ1n) is 7.05. The van der Waals surface area contributed by atoms with Crippen molar-refractivity contribution in [1.82, 2.24) is 9.97 Å². The molecule has 3 rings (SSSR count). The van der Waals surface area contributed by atoms with Gasteiger partial charge in [-0.1, -0.05) is 6.07 Å². The summed E-state index contributed by atoms with van der Waals surface area (Å²) in [5.74, 6) is -0.422. The van der Waals surface area contributed by atoms with Crippen LogP contribution in [-0.4, -0.2) is 21.6 Å². The van der Waals surface area contributed by atoms with Crippen LogP contribution in [0.4, 0.5) is 14.6 Å². The zero-order chi connectivity index (χ0) is 16.6. The maximum atomic E-state index is 13.7. The number of anilines is 1. The highest BCUT2D eigenvalue weighted by atomic mass is 19.1. The molecule has 0 saturated carbocycles. The number of benzene rings is 1. The number of furan rings is 1. The monoisotopic (exact) mass is 319 g/mol. The Balaban J connectivity index is 1.86. The van der Waals surface area contributed by atoms with Crippen LogP contribution in [0.1, 0.15) is 23.0 Å². The molecule has 0 aliphatic rings. The molecule has 1 unspecified atom stereocenters. The second-order valence-corrected chi connectivity index (χ2v) is 5.22. The number of hydrogen-bond donors (Lipinski definition) is 2. The van der Waals surface area contributed by atoms with Crippen molar-refractivity contribution in [3.63, 3.8) is 0 Å². The van der Waals surface area contributed by atoms with Crippen LogP contribution in [0.25, 0.3) is 11.1 Å². The molecule has 23 heavy (non-hydrogen) atoms. The molecule has 0 aliphatic carbocycles. The molecule has 5 nitrogen and oxygen atoms in total. The SMILES string of the molecule is Cc1oc2ncnc(NCC(O)c3c(F)cccc3F)c2c1C. The van der Waals surface area contributed by atoms with Gasteiger partial charge in [0.25, 0.3) is 0 Å². The Morgan fingerprint density at radius 2 is 1.91 bits per heavy atom. The fourth-order valence-corrected chi connectivity index (χ4v) is 2.44. The molecule has 0 spiro atoms. The van der Waals surface area contributed by atoms with Crippen molar-refractivity contribution >= 4 is 16.9 Å². The van der Waals surface area contributed by atoms with E-state index in [9.17, 15) is 13.9 Å². The lowest BCUT2D eigenvalue weighted by molar-refractivity contribution is 0.181. The van der Waals surface area contributed by atoms with E-state index >= 15 is 0 Å². The molecule has 1 aromatic carbocycles. The predicted molar refractivity (Wildman–Crippen MR) is 81.1 cm³/mol. The Bertz CT molecular complexity index is 844. The summed E-state index contributed by atoms with van der Waals surface area (Å²) in [5, 5.41) is 13.7. The van der Waals surface area contributed by atoms with Gasteiger partial charge in [-0.2, -0.15) is 0 Å². The van der Waals surface area contributed by atoms with Crippen LogP contribution < -0.4 is 5.32 Å². The van der Waals surface area contributed by atoms with Crippen LogP contribution in [0, 0.1) is 25.5 Å². The second kappa shape index (κ2) is 5.92. The maximum absolute atomic E-state index is 13.7. The van der Waals surface area contributed by atoms with E-state index in [0.717, 1.165) is 17.7 Å². The van der Waals surface area contributed by atoms with Gasteiger partial charge in [0.2, 0.25) is 5.71 Å². The minimum atomic E-state index is -1.35. The average molecular weight is 319 g/mol. The van der Waals surface area contributed by atoms with E-state index in [4.69, 9.17) is 4.42 Å². The molecule has 7 heteroatoms. The highest BCUT2D eigenvalue weighted by Crippen LogP contribution is 2.28. The van der Waals surface area contributed by atoms with Gasteiger partial charge in [0.15, 0.2) is 0 Å². The third-order valence-corrected chi connectivity index (χ3v) is 3.76. The first kappa shape index (κ1) is 15.4. The second-order valence-electron chi connectivity index (χ2n) is 5.22. The van der Waals surface area contributed by atoms with Gasteiger partial charge in [0.05, 0.1) is 10.9 Å². The van der Waals surface area contributed by atoms with E-state index < -0.39 is 17.7 Å². The number of nitrogens with one attached hydrogen (secondary N) is 1. The van der Waals surface area contributed by atoms with Gasteiger partial charge in [0.1, 0.15) is 35.6 Å². The van der Waals surface area contributed by atoms with Crippen molar-refractivity contribution in [2.75, 3.05) is 11.9 Å². The zero-order valence-electron chi connectivity index (χ0n) is 12.6. The van der Waals surface area contributed by atoms with Gasteiger partial charge in [-0.25, -0.2) is 18.7 Å². The van der Waals surface area contributed by atoms with E-state index in [0.29, 0.717) is 22.7 Å². The van der Waals surface area contributed by atoms with Crippen molar-refractivity contribution in [3.05, 3.63) is 53.0 Å². The summed E-state index contributed by atoms with van der Waals surface area (Å²) in [6, 6.07) is 3.46. The number of aliphatic hydroxyl groups is 1. The third-order valence-electron chi connectivity index (χ3n) is 3.76. The van der Waals surface area contributed by atoms with E-state index in [1.165, 1.54) is 12.4 Å². The highest BCUT2D eigenvalue weighted by Gasteiger charge is 2.19. The largest absolute Gasteiger partial charge is 0.443 e. The van der Waals surface area contributed by atoms with Gasteiger partial charge in [0, 0.05) is 12.1 Å². The van der Waals surface area contributed by atoms with Crippen molar-refractivity contribution < 1.29 is 18.3 Å². The van der Waals surface area contributed by atoms with Crippen LogP contribution in [0.3, 0.4) is 0 Å². The van der Waals surface area contributed by atoms with Crippen molar-refractivity contribution in [2.45, 2.75) is 20.0 Å². The number of aliphatic hydroxyl groups excluding tert-OH is 1. The van der Waals surface area contributed by atoms with Gasteiger partial charge < -0.3 is 14.8 Å². The lowest BCUT2D eigenvalue weighted by Crippen LogP contribution is -2.16. The predicted octanol–water partition coefficient (Wildman–Crippen LogP) is 3.26. The standard InChI is InChI=1S/C16H15F2N3O2/c1-8-9(2)23-16-13(8)15(20-7-21-16)19-6-12(22)14-10(17)4-3-5-11(14)18/h3-5,7,12,22H,6H2,1-2H3,(H,19,20,21). The fraction of sp³-hybridized carbons (Fsp3) is 0.250. The third kappa shape index (κ3) is 2.75. The molecule has 120 valence electrons. The Hall–Kier alpha value is -2.54. The van der Waals surface area contributed by atoms with Crippen molar-refractivity contribution in [3.8, 4) is 0 Å². The van der Waals surface area contributed by atoms with Gasteiger partial charge in [-0.15, -0.1) is 0 Å². The summed E-state index contributed by atoms with van der Waals surface area (Å²) in [7, 11) is 0. The Morgan fingerprint density at radius 1 is 1.22 bits per heavy atom. The smallest absolute Gasteiger partial charge is 0.231 e. The molecule has 2 aromatic heterocycles. The highest BCUT2D eigenvalue weighted by molar-refractivity contribution is 5.89. The van der Waals surface area contributed by atoms with Gasteiger partial charge in [-0.05, 0) is 26.0 Å². The molecule has 0 fully saturated rings. The summed E-state index contributed by atoms with van der Waals surface area (Å²) in [5.41, 5.74) is 0.920. The molecule has 2 heterocycles. The van der Waals surface area contributed by atoms with E-state index in [1.807, 2.05) is 13.8 Å². The molecule has 3 aromatic rings.